The smallest absolute Gasteiger partial charge is 0.309 e. The summed E-state index contributed by atoms with van der Waals surface area (Å²) in [6.45, 7) is 23.8. The molecule has 2 heterocycles. The summed E-state index contributed by atoms with van der Waals surface area (Å²) in [5.74, 6) is 1.13. The van der Waals surface area contributed by atoms with Gasteiger partial charge in [-0.05, 0) is 123 Å². The van der Waals surface area contributed by atoms with Crippen molar-refractivity contribution in [2.24, 2.45) is 56.2 Å². The zero-order valence-corrected chi connectivity index (χ0v) is 35.2. The Bertz CT molecular complexity index is 1700. The van der Waals surface area contributed by atoms with Gasteiger partial charge in [-0.15, -0.1) is 0 Å². The first-order valence-corrected chi connectivity index (χ1v) is 21.5. The van der Waals surface area contributed by atoms with Crippen molar-refractivity contribution >= 4 is 23.5 Å². The normalized spacial score (nSPS) is 38.2. The third-order valence-electron chi connectivity index (χ3n) is 17.3. The number of aliphatic hydroxyl groups is 1. The molecular weight excluding hydrogens is 691 g/mol. The van der Waals surface area contributed by atoms with Crippen LogP contribution in [0, 0.1) is 56.2 Å². The van der Waals surface area contributed by atoms with E-state index >= 15 is 0 Å². The molecule has 9 nitrogen and oxygen atoms in total. The van der Waals surface area contributed by atoms with Crippen LogP contribution in [-0.4, -0.2) is 82.8 Å². The van der Waals surface area contributed by atoms with E-state index in [1.54, 1.807) is 13.8 Å². The lowest BCUT2D eigenvalue weighted by molar-refractivity contribution is -0.235. The summed E-state index contributed by atoms with van der Waals surface area (Å²) in [5.41, 5.74) is 0.573. The zero-order chi connectivity index (χ0) is 39.9. The van der Waals surface area contributed by atoms with Crippen LogP contribution in [0.5, 0.6) is 0 Å². The second-order valence-electron chi connectivity index (χ2n) is 21.0. The number of ketones is 1. The van der Waals surface area contributed by atoms with Crippen LogP contribution >= 0.6 is 0 Å². The number of carbonyl (C=O) groups excluding carboxylic acids is 2. The number of aromatic nitrogens is 1. The van der Waals surface area contributed by atoms with Crippen molar-refractivity contribution < 1.29 is 29.3 Å². The Morgan fingerprint density at radius 1 is 0.927 bits per heavy atom. The molecule has 2 N–H and O–H groups in total. The van der Waals surface area contributed by atoms with E-state index in [1.807, 2.05) is 18.3 Å². The number of carboxylic acids is 1. The molecule has 304 valence electrons. The van der Waals surface area contributed by atoms with Crippen LogP contribution in [0.3, 0.4) is 0 Å². The Morgan fingerprint density at radius 2 is 1.64 bits per heavy atom. The minimum absolute atomic E-state index is 0.00259. The Balaban J connectivity index is 1.12. The average Bonchev–Trinajstić information content (AvgIpc) is 3.43. The number of anilines is 1. The predicted molar refractivity (Wildman–Crippen MR) is 214 cm³/mol. The van der Waals surface area contributed by atoms with Crippen molar-refractivity contribution in [3.05, 3.63) is 35.5 Å². The Labute approximate surface area is 330 Å². The van der Waals surface area contributed by atoms with Crippen molar-refractivity contribution in [3.8, 4) is 0 Å². The summed E-state index contributed by atoms with van der Waals surface area (Å²) in [4.78, 5) is 48.4. The number of allylic oxidation sites excluding steroid dienone is 1. The molecule has 1 unspecified atom stereocenters. The maximum Gasteiger partial charge on any atom is 0.309 e. The number of Topliss-reactive ketones (excluding diaryl/α,β-unsaturated/α-hetero) is 1. The maximum atomic E-state index is 14.2. The number of fused-ring (bicyclic) bond motifs is 7. The molecule has 0 spiro atoms. The predicted octanol–water partition coefficient (Wildman–Crippen LogP) is 7.96. The number of β-amino-alcohol motifs (C(OH)–C–C–N with tert-alkyl or cyclic N) is 1. The first-order chi connectivity index (χ1) is 25.7. The molecule has 0 amide bonds. The molecule has 1 aromatic rings. The SMILES string of the molecule is CC(C)C1=C2[C@H]3CC[C@@H]4[C@@]5(C)CCC(OC(=O)CC(C)(C)C(=O)O)C(C)(C)[C@@H]5CC[C@@]4(C)[C@]3(C)CC[C@@]2([C@H](O)CN2CCN(c3ccccn3)CC2)CC1=O. The van der Waals surface area contributed by atoms with Gasteiger partial charge in [0.05, 0.1) is 17.9 Å². The second kappa shape index (κ2) is 14.0. The standard InChI is InChI=1S/C46H69N3O6/c1-29(2)38-31(50)26-46(34(51)28-48-22-24-49(25-23-48)36-12-10-11-21-47-36)20-19-44(8)30(39(38)46)13-14-33-43(7)17-16-35(55-37(52)27-41(3,4)40(53)54)42(5,6)32(43)15-18-45(33,44)9/h10-12,21,29-30,32-35,51H,13-20,22-28H2,1-9H3,(H,53,54)/t30-,32+,33-,34-,35?,43+,44-,45-,46+/m1/s1. The number of carboxylic acid groups (broad SMARTS) is 1. The number of piperazine rings is 1. The van der Waals surface area contributed by atoms with E-state index in [2.05, 4.69) is 69.3 Å². The molecule has 1 aliphatic heterocycles. The van der Waals surface area contributed by atoms with Crippen LogP contribution in [0.15, 0.2) is 35.5 Å². The lowest BCUT2D eigenvalue weighted by atomic mass is 9.33. The van der Waals surface area contributed by atoms with Crippen molar-refractivity contribution in [3.63, 3.8) is 0 Å². The fourth-order valence-electron chi connectivity index (χ4n) is 14.0. The average molecular weight is 760 g/mol. The van der Waals surface area contributed by atoms with Crippen molar-refractivity contribution in [1.29, 1.82) is 0 Å². The minimum atomic E-state index is -1.16. The summed E-state index contributed by atoms with van der Waals surface area (Å²) < 4.78 is 6.19. The number of nitrogens with zero attached hydrogens (tertiary/aromatic N) is 3. The summed E-state index contributed by atoms with van der Waals surface area (Å²) in [5, 5.41) is 22.1. The highest BCUT2D eigenvalue weighted by molar-refractivity contribution is 6.00. The van der Waals surface area contributed by atoms with Gasteiger partial charge in [-0.3, -0.25) is 19.3 Å². The molecule has 7 rings (SSSR count). The van der Waals surface area contributed by atoms with Gasteiger partial charge in [0.25, 0.3) is 0 Å². The number of ether oxygens (including phenoxy) is 1. The highest BCUT2D eigenvalue weighted by Crippen LogP contribution is 2.77. The van der Waals surface area contributed by atoms with E-state index in [0.717, 1.165) is 88.9 Å². The minimum Gasteiger partial charge on any atom is -0.481 e. The number of rotatable bonds is 9. The molecule has 1 aromatic heterocycles. The molecule has 9 heteroatoms. The topological polar surface area (TPSA) is 120 Å². The monoisotopic (exact) mass is 760 g/mol. The van der Waals surface area contributed by atoms with E-state index in [1.165, 1.54) is 5.57 Å². The maximum absolute atomic E-state index is 14.2. The van der Waals surface area contributed by atoms with Crippen LogP contribution in [0.4, 0.5) is 5.82 Å². The molecular formula is C46H69N3O6. The number of aliphatic hydroxyl groups excluding tert-OH is 1. The van der Waals surface area contributed by atoms with E-state index in [4.69, 9.17) is 4.74 Å². The third-order valence-corrected chi connectivity index (χ3v) is 17.3. The van der Waals surface area contributed by atoms with Gasteiger partial charge in [-0.1, -0.05) is 60.1 Å². The molecule has 0 radical (unpaired) electrons. The van der Waals surface area contributed by atoms with E-state index in [-0.39, 0.29) is 51.8 Å². The summed E-state index contributed by atoms with van der Waals surface area (Å²) in [6.07, 6.45) is 9.25. The van der Waals surface area contributed by atoms with Gasteiger partial charge in [0.15, 0.2) is 5.78 Å². The van der Waals surface area contributed by atoms with Crippen molar-refractivity contribution in [2.75, 3.05) is 37.6 Å². The molecule has 6 aliphatic rings. The third kappa shape index (κ3) is 6.31. The first-order valence-electron chi connectivity index (χ1n) is 21.5. The molecule has 4 saturated carbocycles. The van der Waals surface area contributed by atoms with Gasteiger partial charge < -0.3 is 19.8 Å². The molecule has 5 aliphatic carbocycles. The second-order valence-corrected chi connectivity index (χ2v) is 21.0. The fourth-order valence-corrected chi connectivity index (χ4v) is 14.0. The van der Waals surface area contributed by atoms with Gasteiger partial charge in [0.1, 0.15) is 11.9 Å². The molecule has 1 saturated heterocycles. The Kier molecular flexibility index (Phi) is 10.3. The molecule has 0 aromatic carbocycles. The van der Waals surface area contributed by atoms with E-state index in [9.17, 15) is 24.6 Å². The summed E-state index contributed by atoms with van der Waals surface area (Å²) in [7, 11) is 0. The van der Waals surface area contributed by atoms with Crippen LogP contribution in [0.1, 0.15) is 127 Å². The highest BCUT2D eigenvalue weighted by atomic mass is 16.5. The Hall–Kier alpha value is -2.78. The molecule has 9 atom stereocenters. The largest absolute Gasteiger partial charge is 0.481 e. The molecule has 55 heavy (non-hydrogen) atoms. The fraction of sp³-hybridized carbons (Fsp3) is 0.783. The summed E-state index contributed by atoms with van der Waals surface area (Å²) >= 11 is 0. The van der Waals surface area contributed by atoms with Crippen molar-refractivity contribution in [1.82, 2.24) is 9.88 Å². The van der Waals surface area contributed by atoms with Crippen LogP contribution in [-0.2, 0) is 19.1 Å². The number of aliphatic carboxylic acids is 1. The zero-order valence-electron chi connectivity index (χ0n) is 35.2. The van der Waals surface area contributed by atoms with Gasteiger partial charge in [0.2, 0.25) is 0 Å². The molecule has 0 bridgehead atoms. The van der Waals surface area contributed by atoms with Crippen LogP contribution < -0.4 is 4.90 Å². The van der Waals surface area contributed by atoms with E-state index in [0.29, 0.717) is 24.8 Å². The molecule has 5 fully saturated rings. The first kappa shape index (κ1) is 40.4. The van der Waals surface area contributed by atoms with Gasteiger partial charge in [-0.25, -0.2) is 4.98 Å². The van der Waals surface area contributed by atoms with Gasteiger partial charge >= 0.3 is 11.9 Å². The Morgan fingerprint density at radius 3 is 2.27 bits per heavy atom. The lowest BCUT2D eigenvalue weighted by Crippen LogP contribution is -2.66. The highest BCUT2D eigenvalue weighted by Gasteiger charge is 2.71. The van der Waals surface area contributed by atoms with Crippen molar-refractivity contribution in [2.45, 2.75) is 139 Å². The van der Waals surface area contributed by atoms with Crippen LogP contribution in [0.25, 0.3) is 0 Å². The number of hydrogen-bond acceptors (Lipinski definition) is 8. The number of pyridine rings is 1. The quantitative estimate of drug-likeness (QED) is 0.242. The number of esters is 1. The van der Waals surface area contributed by atoms with Crippen LogP contribution in [0.2, 0.25) is 0 Å². The number of hydrogen-bond donors (Lipinski definition) is 2. The number of carbonyl (C=O) groups is 3. The lowest BCUT2D eigenvalue weighted by Gasteiger charge is -2.72. The summed E-state index contributed by atoms with van der Waals surface area (Å²) in [6, 6.07) is 6.05. The van der Waals surface area contributed by atoms with Gasteiger partial charge in [-0.2, -0.15) is 0 Å². The van der Waals surface area contributed by atoms with Gasteiger partial charge in [0, 0.05) is 56.2 Å². The van der Waals surface area contributed by atoms with E-state index < -0.39 is 28.9 Å².